The number of esters is 1. The predicted octanol–water partition coefficient (Wildman–Crippen LogP) is 3.84. The summed E-state index contributed by atoms with van der Waals surface area (Å²) in [5.74, 6) is -3.69. The summed E-state index contributed by atoms with van der Waals surface area (Å²) in [6.45, 7) is 3.54. The Kier molecular flexibility index (Phi) is 11.4. The molecule has 3 aromatic rings. The molecule has 0 bridgehead atoms. The lowest BCUT2D eigenvalue weighted by atomic mass is 10.1. The first-order valence-electron chi connectivity index (χ1n) is 11.3. The summed E-state index contributed by atoms with van der Waals surface area (Å²) in [6, 6.07) is 7.37. The molecule has 1 aromatic carbocycles. The van der Waals surface area contributed by atoms with Gasteiger partial charge in [-0.25, -0.2) is 9.78 Å². The molecule has 1 atom stereocenters. The van der Waals surface area contributed by atoms with Crippen LogP contribution >= 0.6 is 22.7 Å². The molecule has 0 fully saturated rings. The van der Waals surface area contributed by atoms with Crippen LogP contribution in [0.25, 0.3) is 0 Å². The molecule has 0 spiro atoms. The Balaban J connectivity index is 0.00000260. The standard InChI is InChI=1S/C22H19F3N4O6S2.C2H6/c1-35-20(34)13(10-26-18(32)14-6-3-7-36-14)27-19(33)16-17(22(23,24)25)29-21(37-16)28-15(31)9-11-4-2-5-12(30)8-11;1-2/h2-8,13,30H,9-10H2,1H3,(H,26,32)(H,27,33)(H,28,29,31);1-2H3. The summed E-state index contributed by atoms with van der Waals surface area (Å²) in [6.07, 6.45) is -5.32. The number of aromatic hydroxyl groups is 1. The number of hydrogen-bond donors (Lipinski definition) is 4. The number of ether oxygens (including phenoxy) is 1. The molecule has 15 heteroatoms. The summed E-state index contributed by atoms with van der Waals surface area (Å²) in [7, 11) is 1.01. The van der Waals surface area contributed by atoms with Gasteiger partial charge < -0.3 is 25.8 Å². The maximum absolute atomic E-state index is 13.6. The van der Waals surface area contributed by atoms with Crippen LogP contribution in [0.3, 0.4) is 0 Å². The summed E-state index contributed by atoms with van der Waals surface area (Å²) in [4.78, 5) is 52.0. The fourth-order valence-electron chi connectivity index (χ4n) is 2.98. The normalized spacial score (nSPS) is 11.4. The molecular weight excluding hydrogens is 561 g/mol. The Bertz CT molecular complexity index is 1300. The zero-order chi connectivity index (χ0) is 29.2. The van der Waals surface area contributed by atoms with E-state index in [2.05, 4.69) is 25.7 Å². The van der Waals surface area contributed by atoms with Crippen LogP contribution < -0.4 is 16.0 Å². The fraction of sp³-hybridized carbons (Fsp3) is 0.292. The molecule has 0 saturated heterocycles. The summed E-state index contributed by atoms with van der Waals surface area (Å²) >= 11 is 1.38. The quantitative estimate of drug-likeness (QED) is 0.279. The first-order valence-corrected chi connectivity index (χ1v) is 13.0. The highest BCUT2D eigenvalue weighted by molar-refractivity contribution is 7.17. The lowest BCUT2D eigenvalue weighted by Crippen LogP contribution is -2.49. The molecule has 2 aromatic heterocycles. The first-order chi connectivity index (χ1) is 18.5. The van der Waals surface area contributed by atoms with Crippen molar-refractivity contribution in [3.05, 3.63) is 62.8 Å². The highest BCUT2D eigenvalue weighted by atomic mass is 32.1. The van der Waals surface area contributed by atoms with Crippen molar-refractivity contribution in [2.75, 3.05) is 19.0 Å². The minimum Gasteiger partial charge on any atom is -0.508 e. The van der Waals surface area contributed by atoms with Crippen molar-refractivity contribution in [3.8, 4) is 5.75 Å². The second kappa shape index (κ2) is 14.2. The number of methoxy groups -OCH3 is 1. The van der Waals surface area contributed by atoms with Gasteiger partial charge in [0.25, 0.3) is 11.8 Å². The average molecular weight is 587 g/mol. The van der Waals surface area contributed by atoms with Crippen LogP contribution in [-0.4, -0.2) is 53.5 Å². The van der Waals surface area contributed by atoms with Crippen molar-refractivity contribution in [1.82, 2.24) is 15.6 Å². The molecule has 2 heterocycles. The summed E-state index contributed by atoms with van der Waals surface area (Å²) in [5.41, 5.74) is -1.16. The van der Waals surface area contributed by atoms with E-state index in [1.807, 2.05) is 13.8 Å². The maximum Gasteiger partial charge on any atom is 0.435 e. The highest BCUT2D eigenvalue weighted by Gasteiger charge is 2.40. The highest BCUT2D eigenvalue weighted by Crippen LogP contribution is 2.36. The number of nitrogens with zero attached hydrogens (tertiary/aromatic N) is 1. The van der Waals surface area contributed by atoms with Gasteiger partial charge in [-0.3, -0.25) is 14.4 Å². The number of rotatable bonds is 9. The molecular formula is C24H25F3N4O6S2. The molecule has 3 rings (SSSR count). The van der Waals surface area contributed by atoms with E-state index >= 15 is 0 Å². The molecule has 39 heavy (non-hydrogen) atoms. The smallest absolute Gasteiger partial charge is 0.435 e. The number of hydrogen-bond acceptors (Lipinski definition) is 9. The van der Waals surface area contributed by atoms with Gasteiger partial charge in [0.15, 0.2) is 10.8 Å². The molecule has 0 aliphatic heterocycles. The van der Waals surface area contributed by atoms with E-state index in [-0.39, 0.29) is 23.5 Å². The predicted molar refractivity (Wildman–Crippen MR) is 139 cm³/mol. The number of nitrogens with one attached hydrogen (secondary N) is 3. The van der Waals surface area contributed by atoms with Crippen LogP contribution in [0, 0.1) is 0 Å². The number of benzene rings is 1. The molecule has 4 N–H and O–H groups in total. The third-order valence-electron chi connectivity index (χ3n) is 4.63. The average Bonchev–Trinajstić information content (AvgIpc) is 3.57. The Morgan fingerprint density at radius 1 is 1.10 bits per heavy atom. The van der Waals surface area contributed by atoms with Crippen molar-refractivity contribution in [1.29, 1.82) is 0 Å². The van der Waals surface area contributed by atoms with Gasteiger partial charge in [-0.15, -0.1) is 11.3 Å². The monoisotopic (exact) mass is 586 g/mol. The molecule has 0 aliphatic carbocycles. The lowest BCUT2D eigenvalue weighted by molar-refractivity contribution is -0.142. The van der Waals surface area contributed by atoms with E-state index in [4.69, 9.17) is 0 Å². The molecule has 10 nitrogen and oxygen atoms in total. The number of carbonyl (C=O) groups is 4. The third-order valence-corrected chi connectivity index (χ3v) is 6.46. The summed E-state index contributed by atoms with van der Waals surface area (Å²) in [5, 5.41) is 17.4. The number of thiophene rings is 1. The van der Waals surface area contributed by atoms with E-state index in [9.17, 15) is 37.5 Å². The van der Waals surface area contributed by atoms with Gasteiger partial charge in [0.2, 0.25) is 5.91 Å². The number of thiazole rings is 1. The first kappa shape index (κ1) is 31.2. The molecule has 3 amide bonds. The molecule has 0 saturated carbocycles. The van der Waals surface area contributed by atoms with Crippen molar-refractivity contribution in [2.45, 2.75) is 32.5 Å². The van der Waals surface area contributed by atoms with Crippen LogP contribution in [-0.2, 0) is 26.9 Å². The number of phenolic OH excluding ortho intramolecular Hbond substituents is 1. The fourth-order valence-corrected chi connectivity index (χ4v) is 4.53. The number of carbonyl (C=O) groups excluding carboxylic acids is 4. The van der Waals surface area contributed by atoms with E-state index in [0.717, 1.165) is 18.4 Å². The Hall–Kier alpha value is -3.98. The van der Waals surface area contributed by atoms with Crippen molar-refractivity contribution >= 4 is 51.5 Å². The topological polar surface area (TPSA) is 147 Å². The Labute approximate surface area is 229 Å². The van der Waals surface area contributed by atoms with Crippen molar-refractivity contribution < 1.29 is 42.2 Å². The van der Waals surface area contributed by atoms with Gasteiger partial charge in [0.1, 0.15) is 16.7 Å². The van der Waals surface area contributed by atoms with Crippen LogP contribution in [0.5, 0.6) is 5.75 Å². The number of halogens is 3. The molecule has 210 valence electrons. The molecule has 0 aliphatic rings. The van der Waals surface area contributed by atoms with Gasteiger partial charge in [-0.2, -0.15) is 13.2 Å². The van der Waals surface area contributed by atoms with Gasteiger partial charge in [-0.1, -0.05) is 43.4 Å². The maximum atomic E-state index is 13.6. The van der Waals surface area contributed by atoms with Gasteiger partial charge in [0.05, 0.1) is 18.4 Å². The van der Waals surface area contributed by atoms with Gasteiger partial charge >= 0.3 is 12.1 Å². The van der Waals surface area contributed by atoms with E-state index in [1.54, 1.807) is 11.4 Å². The number of amides is 3. The van der Waals surface area contributed by atoms with Crippen molar-refractivity contribution in [3.63, 3.8) is 0 Å². The summed E-state index contributed by atoms with van der Waals surface area (Å²) < 4.78 is 45.4. The number of alkyl halides is 3. The number of phenols is 1. The SMILES string of the molecule is CC.COC(=O)C(CNC(=O)c1cccs1)NC(=O)c1sc(NC(=O)Cc2cccc(O)c2)nc1C(F)(F)F. The van der Waals surface area contributed by atoms with Crippen molar-refractivity contribution in [2.24, 2.45) is 0 Å². The minimum atomic E-state index is -5.05. The zero-order valence-corrected chi connectivity index (χ0v) is 22.6. The minimum absolute atomic E-state index is 0.0930. The van der Waals surface area contributed by atoms with E-state index < -0.39 is 58.2 Å². The Morgan fingerprint density at radius 3 is 2.41 bits per heavy atom. The van der Waals surface area contributed by atoms with E-state index in [1.165, 1.54) is 30.3 Å². The third kappa shape index (κ3) is 9.07. The van der Waals surface area contributed by atoms with Crippen LogP contribution in [0.2, 0.25) is 0 Å². The number of aromatic nitrogens is 1. The molecule has 0 radical (unpaired) electrons. The molecule has 1 unspecified atom stereocenters. The van der Waals surface area contributed by atoms with E-state index in [0.29, 0.717) is 10.4 Å². The van der Waals surface area contributed by atoms with Gasteiger partial charge in [-0.05, 0) is 29.1 Å². The zero-order valence-electron chi connectivity index (χ0n) is 20.9. The van der Waals surface area contributed by atoms with Gasteiger partial charge in [0, 0.05) is 6.54 Å². The lowest BCUT2D eigenvalue weighted by Gasteiger charge is -2.17. The second-order valence-electron chi connectivity index (χ2n) is 7.33. The number of anilines is 1. The Morgan fingerprint density at radius 2 is 1.82 bits per heavy atom. The van der Waals surface area contributed by atoms with Crippen LogP contribution in [0.1, 0.15) is 44.4 Å². The van der Waals surface area contributed by atoms with Crippen LogP contribution in [0.15, 0.2) is 41.8 Å². The second-order valence-corrected chi connectivity index (χ2v) is 9.27. The van der Waals surface area contributed by atoms with Crippen LogP contribution in [0.4, 0.5) is 18.3 Å². The largest absolute Gasteiger partial charge is 0.508 e.